The third kappa shape index (κ3) is 1.89. The molecule has 0 aliphatic carbocycles. The molecule has 3 aromatic rings. The van der Waals surface area contributed by atoms with E-state index in [1.165, 1.54) is 6.92 Å². The minimum absolute atomic E-state index is 0.243. The van der Waals surface area contributed by atoms with Gasteiger partial charge in [-0.2, -0.15) is 4.57 Å². The van der Waals surface area contributed by atoms with Crippen molar-refractivity contribution < 1.29 is 11.4 Å². The summed E-state index contributed by atoms with van der Waals surface area (Å²) in [6.45, 7) is -0.165. The number of rotatable bonds is 2. The van der Waals surface area contributed by atoms with E-state index in [0.29, 0.717) is 23.4 Å². The maximum absolute atomic E-state index is 8.33. The van der Waals surface area contributed by atoms with E-state index >= 15 is 0 Å². The standard InChI is InChI=1S/C21H20N/c1-3-16-12-13-20-19-11-7-5-9-17(19)14-22(20)21(16)18-10-6-4-8-15(18)2/h4-13H,3,14H2,1-2H3/q+1/i2D3,3D2. The lowest BCUT2D eigenvalue weighted by Crippen LogP contribution is -2.36. The molecule has 22 heavy (non-hydrogen) atoms. The van der Waals surface area contributed by atoms with Crippen molar-refractivity contribution in [3.8, 4) is 22.5 Å². The summed E-state index contributed by atoms with van der Waals surface area (Å²) in [7, 11) is 0. The zero-order valence-corrected chi connectivity index (χ0v) is 12.4. The van der Waals surface area contributed by atoms with Crippen LogP contribution in [0.4, 0.5) is 0 Å². The molecule has 0 amide bonds. The van der Waals surface area contributed by atoms with E-state index < -0.39 is 13.2 Å². The molecule has 2 aromatic carbocycles. The highest BCUT2D eigenvalue weighted by Gasteiger charge is 2.31. The smallest absolute Gasteiger partial charge is 0.187 e. The maximum Gasteiger partial charge on any atom is 0.216 e. The molecule has 108 valence electrons. The zero-order chi connectivity index (χ0) is 19.4. The fraction of sp³-hybridized carbons (Fsp3) is 0.190. The van der Waals surface area contributed by atoms with Crippen molar-refractivity contribution in [3.63, 3.8) is 0 Å². The Kier molecular flexibility index (Phi) is 2.06. The van der Waals surface area contributed by atoms with Crippen LogP contribution in [0.15, 0.2) is 60.7 Å². The molecule has 1 aliphatic rings. The Bertz CT molecular complexity index is 1030. The lowest BCUT2D eigenvalue weighted by atomic mass is 9.98. The van der Waals surface area contributed by atoms with Crippen molar-refractivity contribution >= 4 is 0 Å². The van der Waals surface area contributed by atoms with Crippen molar-refractivity contribution in [2.45, 2.75) is 26.7 Å². The van der Waals surface area contributed by atoms with E-state index in [0.717, 1.165) is 16.8 Å². The Hall–Kier alpha value is -2.41. The lowest BCUT2D eigenvalue weighted by Gasteiger charge is -2.10. The second-order valence-corrected chi connectivity index (χ2v) is 5.52. The van der Waals surface area contributed by atoms with Gasteiger partial charge < -0.3 is 0 Å². The molecule has 0 spiro atoms. The number of hydrogen-bond donors (Lipinski definition) is 0. The zero-order valence-electron chi connectivity index (χ0n) is 17.4. The molecule has 2 heterocycles. The Morgan fingerprint density at radius 3 is 2.59 bits per heavy atom. The summed E-state index contributed by atoms with van der Waals surface area (Å²) in [5.41, 5.74) is 5.18. The van der Waals surface area contributed by atoms with Gasteiger partial charge in [-0.05, 0) is 37.0 Å². The van der Waals surface area contributed by atoms with Crippen LogP contribution < -0.4 is 4.57 Å². The normalized spacial score (nSPS) is 16.7. The van der Waals surface area contributed by atoms with Crippen LogP contribution in [0.1, 0.15) is 30.5 Å². The minimum Gasteiger partial charge on any atom is -0.187 e. The lowest BCUT2D eigenvalue weighted by molar-refractivity contribution is -0.661. The predicted octanol–water partition coefficient (Wildman–Crippen LogP) is 4.54. The summed E-state index contributed by atoms with van der Waals surface area (Å²) in [6, 6.07) is 18.7. The average molecular weight is 291 g/mol. The topological polar surface area (TPSA) is 3.88 Å². The Morgan fingerprint density at radius 1 is 1.00 bits per heavy atom. The summed E-state index contributed by atoms with van der Waals surface area (Å²) < 4.78 is 42.5. The summed E-state index contributed by atoms with van der Waals surface area (Å²) in [6.07, 6.45) is -1.60. The molecule has 0 saturated heterocycles. The molecular weight excluding hydrogens is 266 g/mol. The van der Waals surface area contributed by atoms with E-state index in [4.69, 9.17) is 6.85 Å². The van der Waals surface area contributed by atoms with Gasteiger partial charge in [0.2, 0.25) is 11.4 Å². The van der Waals surface area contributed by atoms with E-state index in [9.17, 15) is 0 Å². The highest BCUT2D eigenvalue weighted by molar-refractivity contribution is 5.69. The second kappa shape index (κ2) is 5.10. The van der Waals surface area contributed by atoms with Crippen LogP contribution in [0.5, 0.6) is 0 Å². The molecule has 0 radical (unpaired) electrons. The first-order valence-electron chi connectivity index (χ1n) is 9.93. The number of nitrogens with zero attached hydrogens (tertiary/aromatic N) is 1. The summed E-state index contributed by atoms with van der Waals surface area (Å²) in [5.74, 6) is 0. The third-order valence-electron chi connectivity index (χ3n) is 4.30. The Labute approximate surface area is 138 Å². The van der Waals surface area contributed by atoms with E-state index in [2.05, 4.69) is 6.07 Å². The molecule has 0 atom stereocenters. The van der Waals surface area contributed by atoms with Gasteiger partial charge in [-0.3, -0.25) is 0 Å². The first-order chi connectivity index (χ1) is 12.7. The molecule has 0 saturated carbocycles. The van der Waals surface area contributed by atoms with Gasteiger partial charge in [0.05, 0.1) is 5.56 Å². The van der Waals surface area contributed by atoms with Gasteiger partial charge in [-0.15, -0.1) is 0 Å². The van der Waals surface area contributed by atoms with Crippen molar-refractivity contribution in [1.29, 1.82) is 0 Å². The molecule has 0 fully saturated rings. The first kappa shape index (κ1) is 8.89. The number of aryl methyl sites for hydroxylation is 2. The highest BCUT2D eigenvalue weighted by Crippen LogP contribution is 2.32. The van der Waals surface area contributed by atoms with Gasteiger partial charge in [0, 0.05) is 29.6 Å². The number of pyridine rings is 1. The van der Waals surface area contributed by atoms with E-state index in [1.54, 1.807) is 24.3 Å². The molecule has 1 heteroatoms. The van der Waals surface area contributed by atoms with Crippen molar-refractivity contribution in [2.24, 2.45) is 0 Å². The first-order valence-corrected chi connectivity index (χ1v) is 7.43. The number of benzene rings is 2. The average Bonchev–Trinajstić information content (AvgIpc) is 2.98. The van der Waals surface area contributed by atoms with Crippen LogP contribution in [0.25, 0.3) is 22.5 Å². The quantitative estimate of drug-likeness (QED) is 0.477. The molecule has 4 rings (SSSR count). The second-order valence-electron chi connectivity index (χ2n) is 5.52. The van der Waals surface area contributed by atoms with Gasteiger partial charge in [0.1, 0.15) is 0 Å². The van der Waals surface area contributed by atoms with Gasteiger partial charge in [0.15, 0.2) is 6.54 Å². The fourth-order valence-corrected chi connectivity index (χ4v) is 3.26. The van der Waals surface area contributed by atoms with Gasteiger partial charge in [-0.25, -0.2) is 0 Å². The number of fused-ring (bicyclic) bond motifs is 3. The molecule has 1 aliphatic heterocycles. The molecule has 0 N–H and O–H groups in total. The number of hydrogen-bond acceptors (Lipinski definition) is 0. The molecule has 1 nitrogen and oxygen atoms in total. The minimum atomic E-state index is -2.27. The van der Waals surface area contributed by atoms with Crippen LogP contribution in [-0.4, -0.2) is 0 Å². The van der Waals surface area contributed by atoms with Crippen LogP contribution >= 0.6 is 0 Å². The number of aromatic nitrogens is 1. The van der Waals surface area contributed by atoms with Crippen LogP contribution in [0.2, 0.25) is 0 Å². The van der Waals surface area contributed by atoms with E-state index in [1.807, 2.05) is 34.9 Å². The van der Waals surface area contributed by atoms with Crippen molar-refractivity contribution in [2.75, 3.05) is 0 Å². The molecule has 1 aromatic heterocycles. The summed E-state index contributed by atoms with van der Waals surface area (Å²) >= 11 is 0. The summed E-state index contributed by atoms with van der Waals surface area (Å²) in [4.78, 5) is 0. The van der Waals surface area contributed by atoms with Crippen molar-refractivity contribution in [1.82, 2.24) is 0 Å². The molecular formula is C21H20N+. The SMILES string of the molecule is [2H]C([2H])([2H])c1ccccc1-c1c(C([2H])([2H])C)ccc2[n+]1Cc1ccccc1-2. The fourth-order valence-electron chi connectivity index (χ4n) is 3.26. The summed E-state index contributed by atoms with van der Waals surface area (Å²) in [5, 5.41) is 0. The van der Waals surface area contributed by atoms with Gasteiger partial charge >= 0.3 is 0 Å². The Morgan fingerprint density at radius 2 is 1.77 bits per heavy atom. The highest BCUT2D eigenvalue weighted by atomic mass is 15.0. The molecule has 0 unspecified atom stereocenters. The Balaban J connectivity index is 2.07. The maximum atomic E-state index is 8.33. The monoisotopic (exact) mass is 291 g/mol. The van der Waals surface area contributed by atoms with Crippen LogP contribution in [0.3, 0.4) is 0 Å². The van der Waals surface area contributed by atoms with Crippen LogP contribution in [-0.2, 0) is 12.9 Å². The van der Waals surface area contributed by atoms with Gasteiger partial charge in [-0.1, -0.05) is 43.3 Å². The van der Waals surface area contributed by atoms with E-state index in [-0.39, 0.29) is 5.56 Å². The molecule has 0 bridgehead atoms. The van der Waals surface area contributed by atoms with Crippen LogP contribution in [0, 0.1) is 6.85 Å². The largest absolute Gasteiger partial charge is 0.216 e. The third-order valence-corrected chi connectivity index (χ3v) is 4.30. The van der Waals surface area contributed by atoms with Crippen molar-refractivity contribution in [3.05, 3.63) is 77.4 Å². The van der Waals surface area contributed by atoms with Gasteiger partial charge in [0.25, 0.3) is 0 Å². The predicted molar refractivity (Wildman–Crippen MR) is 90.7 cm³/mol.